The van der Waals surface area contributed by atoms with Gasteiger partial charge in [-0.15, -0.1) is 0 Å². The highest BCUT2D eigenvalue weighted by atomic mass is 16.2. The number of anilines is 2. The Balaban J connectivity index is 1.36. The maximum absolute atomic E-state index is 13.9. The van der Waals surface area contributed by atoms with Gasteiger partial charge in [-0.1, -0.05) is 133 Å². The molecule has 7 aromatic rings. The fourth-order valence-corrected chi connectivity index (χ4v) is 6.94. The molecule has 0 radical (unpaired) electrons. The number of imide groups is 1. The molecule has 1 aliphatic heterocycles. The summed E-state index contributed by atoms with van der Waals surface area (Å²) in [6, 6.07) is 47.4. The Labute approximate surface area is 294 Å². The normalized spacial score (nSPS) is 13.2. The van der Waals surface area contributed by atoms with E-state index in [4.69, 9.17) is 5.10 Å². The summed E-state index contributed by atoms with van der Waals surface area (Å²) in [6.07, 6.45) is 1.56. The van der Waals surface area contributed by atoms with Crippen LogP contribution in [0.4, 0.5) is 16.4 Å². The Morgan fingerprint density at radius 3 is 1.65 bits per heavy atom. The van der Waals surface area contributed by atoms with Gasteiger partial charge in [-0.3, -0.25) is 14.9 Å². The van der Waals surface area contributed by atoms with Gasteiger partial charge in [-0.2, -0.15) is 5.10 Å². The lowest BCUT2D eigenvalue weighted by Crippen LogP contribution is -2.39. The van der Waals surface area contributed by atoms with E-state index < -0.39 is 23.4 Å². The van der Waals surface area contributed by atoms with E-state index in [1.807, 2.05) is 133 Å². The van der Waals surface area contributed by atoms with Gasteiger partial charge in [0.2, 0.25) is 0 Å². The van der Waals surface area contributed by atoms with E-state index in [9.17, 15) is 14.4 Å². The zero-order chi connectivity index (χ0) is 35.0. The molecule has 9 nitrogen and oxygen atoms in total. The van der Waals surface area contributed by atoms with Crippen LogP contribution in [0, 0.1) is 0 Å². The van der Waals surface area contributed by atoms with Gasteiger partial charge in [-0.05, 0) is 41.3 Å². The van der Waals surface area contributed by atoms with E-state index >= 15 is 0 Å². The van der Waals surface area contributed by atoms with Gasteiger partial charge in [0.15, 0.2) is 5.82 Å². The van der Waals surface area contributed by atoms with Crippen LogP contribution in [0.3, 0.4) is 0 Å². The largest absolute Gasteiger partial charge is 0.331 e. The minimum Gasteiger partial charge on any atom is -0.331 e. The smallest absolute Gasteiger partial charge is 0.320 e. The van der Waals surface area contributed by atoms with E-state index in [-0.39, 0.29) is 17.7 Å². The number of urea groups is 1. The number of pyridine rings is 1. The summed E-state index contributed by atoms with van der Waals surface area (Å²) in [4.78, 5) is 46.9. The zero-order valence-corrected chi connectivity index (χ0v) is 27.6. The molecule has 0 spiro atoms. The highest BCUT2D eigenvalue weighted by molar-refractivity contribution is 6.35. The molecule has 3 heterocycles. The molecule has 5 aromatic carbocycles. The number of hydrogen-bond donors (Lipinski definition) is 2. The van der Waals surface area contributed by atoms with Gasteiger partial charge < -0.3 is 5.32 Å². The fourth-order valence-electron chi connectivity index (χ4n) is 6.94. The van der Waals surface area contributed by atoms with Crippen molar-refractivity contribution in [2.24, 2.45) is 0 Å². The van der Waals surface area contributed by atoms with Crippen molar-refractivity contribution < 1.29 is 14.4 Å². The number of hydrogen-bond acceptors (Lipinski definition) is 5. The zero-order valence-electron chi connectivity index (χ0n) is 27.6. The molecule has 0 fully saturated rings. The Kier molecular flexibility index (Phi) is 7.92. The van der Waals surface area contributed by atoms with Gasteiger partial charge in [0.25, 0.3) is 11.8 Å². The summed E-state index contributed by atoms with van der Waals surface area (Å²) in [5.41, 5.74) is 3.69. The van der Waals surface area contributed by atoms with E-state index in [0.29, 0.717) is 22.0 Å². The number of carbonyl (C=O) groups is 3. The van der Waals surface area contributed by atoms with Crippen LogP contribution in [0.25, 0.3) is 10.9 Å². The monoisotopic (exact) mass is 668 g/mol. The number of fused-ring (bicyclic) bond motifs is 2. The summed E-state index contributed by atoms with van der Waals surface area (Å²) >= 11 is 0. The molecule has 1 aliphatic rings. The first-order chi connectivity index (χ1) is 25.0. The van der Waals surface area contributed by atoms with Crippen LogP contribution in [0.15, 0.2) is 158 Å². The number of aromatic nitrogens is 3. The summed E-state index contributed by atoms with van der Waals surface area (Å²) in [5.74, 6) is -0.533. The standard InChI is InChI=1S/C42H32N6O3/c1-28(29-16-6-2-7-17-29)44-41(51)45-37-26-36-35(27-43-37)38(47-39(49)33-24-14-15-25-34(33)40(47)50)46-48(36)42(30-18-8-3-9-19-30,31-20-10-4-11-21-31)32-22-12-5-13-23-32/h2-28H,1H3,(H2,43,44,45,51). The predicted molar refractivity (Wildman–Crippen MR) is 197 cm³/mol. The lowest BCUT2D eigenvalue weighted by atomic mass is 9.77. The van der Waals surface area contributed by atoms with Crippen molar-refractivity contribution in [2.45, 2.75) is 18.5 Å². The Hall–Kier alpha value is -6.87. The third-order valence-electron chi connectivity index (χ3n) is 9.33. The first-order valence-corrected chi connectivity index (χ1v) is 16.6. The van der Waals surface area contributed by atoms with E-state index in [2.05, 4.69) is 15.6 Å². The molecule has 2 aromatic heterocycles. The minimum atomic E-state index is -1.10. The molecule has 1 atom stereocenters. The molecule has 51 heavy (non-hydrogen) atoms. The lowest BCUT2D eigenvalue weighted by molar-refractivity contribution is 0.0925. The van der Waals surface area contributed by atoms with Gasteiger partial charge in [0, 0.05) is 12.3 Å². The Bertz CT molecular complexity index is 2260. The second-order valence-electron chi connectivity index (χ2n) is 12.4. The number of rotatable bonds is 8. The maximum atomic E-state index is 13.9. The third-order valence-corrected chi connectivity index (χ3v) is 9.33. The SMILES string of the molecule is CC(NC(=O)Nc1cc2c(cn1)c(N1C(=O)c3ccccc3C1=O)nn2C(c1ccccc1)(c1ccccc1)c1ccccc1)c1ccccc1. The first-order valence-electron chi connectivity index (χ1n) is 16.6. The average molecular weight is 669 g/mol. The number of nitrogens with zero attached hydrogens (tertiary/aromatic N) is 4. The quantitative estimate of drug-likeness (QED) is 0.126. The number of amides is 4. The number of nitrogens with one attached hydrogen (secondary N) is 2. The molecule has 0 saturated carbocycles. The van der Waals surface area contributed by atoms with Crippen LogP contribution in [0.5, 0.6) is 0 Å². The molecule has 0 saturated heterocycles. The topological polar surface area (TPSA) is 109 Å². The van der Waals surface area contributed by atoms with Crippen molar-refractivity contribution in [3.05, 3.63) is 191 Å². The molecule has 0 bridgehead atoms. The fraction of sp³-hybridized carbons (Fsp3) is 0.0714. The Morgan fingerprint density at radius 2 is 1.14 bits per heavy atom. The average Bonchev–Trinajstić information content (AvgIpc) is 3.66. The molecule has 248 valence electrons. The minimum absolute atomic E-state index is 0.143. The molecule has 8 rings (SSSR count). The van der Waals surface area contributed by atoms with Crippen LogP contribution in [-0.4, -0.2) is 32.6 Å². The first kappa shape index (κ1) is 31.4. The summed E-state index contributed by atoms with van der Waals surface area (Å²) in [6.45, 7) is 1.91. The van der Waals surface area contributed by atoms with Crippen LogP contribution in [0.1, 0.15) is 55.9 Å². The molecule has 0 aliphatic carbocycles. The van der Waals surface area contributed by atoms with Crippen molar-refractivity contribution in [1.29, 1.82) is 0 Å². The third kappa shape index (κ3) is 5.32. The van der Waals surface area contributed by atoms with Crippen molar-refractivity contribution >= 4 is 40.4 Å². The van der Waals surface area contributed by atoms with E-state index in [0.717, 1.165) is 27.2 Å². The van der Waals surface area contributed by atoms with Gasteiger partial charge >= 0.3 is 6.03 Å². The lowest BCUT2D eigenvalue weighted by Gasteiger charge is -2.37. The van der Waals surface area contributed by atoms with Crippen LogP contribution in [-0.2, 0) is 5.54 Å². The molecule has 2 N–H and O–H groups in total. The van der Waals surface area contributed by atoms with Crippen molar-refractivity contribution in [3.63, 3.8) is 0 Å². The van der Waals surface area contributed by atoms with E-state index in [1.54, 1.807) is 36.5 Å². The van der Waals surface area contributed by atoms with Gasteiger partial charge in [0.05, 0.1) is 28.1 Å². The molecular formula is C42H32N6O3. The highest BCUT2D eigenvalue weighted by Gasteiger charge is 2.44. The van der Waals surface area contributed by atoms with Crippen LogP contribution < -0.4 is 15.5 Å². The predicted octanol–water partition coefficient (Wildman–Crippen LogP) is 7.95. The molecule has 1 unspecified atom stereocenters. The van der Waals surface area contributed by atoms with Gasteiger partial charge in [0.1, 0.15) is 11.4 Å². The van der Waals surface area contributed by atoms with Gasteiger partial charge in [-0.25, -0.2) is 19.4 Å². The molecule has 9 heteroatoms. The van der Waals surface area contributed by atoms with Crippen LogP contribution in [0.2, 0.25) is 0 Å². The summed E-state index contributed by atoms with van der Waals surface area (Å²) in [5, 5.41) is 11.5. The number of benzene rings is 5. The Morgan fingerprint density at radius 1 is 0.667 bits per heavy atom. The van der Waals surface area contributed by atoms with Crippen molar-refractivity contribution in [1.82, 2.24) is 20.1 Å². The summed E-state index contributed by atoms with van der Waals surface area (Å²) in [7, 11) is 0. The van der Waals surface area contributed by atoms with E-state index in [1.165, 1.54) is 0 Å². The molecular weight excluding hydrogens is 637 g/mol. The summed E-state index contributed by atoms with van der Waals surface area (Å²) < 4.78 is 1.85. The van der Waals surface area contributed by atoms with Crippen LogP contribution >= 0.6 is 0 Å². The maximum Gasteiger partial charge on any atom is 0.320 e. The number of carbonyl (C=O) groups excluding carboxylic acids is 3. The van der Waals surface area contributed by atoms with Crippen molar-refractivity contribution in [2.75, 3.05) is 10.2 Å². The molecule has 4 amide bonds. The highest BCUT2D eigenvalue weighted by Crippen LogP contribution is 2.45. The second-order valence-corrected chi connectivity index (χ2v) is 12.4. The second kappa shape index (κ2) is 12.9. The van der Waals surface area contributed by atoms with Crippen molar-refractivity contribution in [3.8, 4) is 0 Å².